The van der Waals surface area contributed by atoms with Crippen LogP contribution in [0.4, 0.5) is 0 Å². The summed E-state index contributed by atoms with van der Waals surface area (Å²) in [5.41, 5.74) is 0. The summed E-state index contributed by atoms with van der Waals surface area (Å²) >= 11 is 45.1. The molecule has 0 N–H and O–H groups in total. The van der Waals surface area contributed by atoms with Gasteiger partial charge in [-0.15, -0.1) is 34.8 Å². The Labute approximate surface area is 122 Å². The molecule has 0 aromatic rings. The van der Waals surface area contributed by atoms with E-state index in [1.807, 2.05) is 0 Å². The van der Waals surface area contributed by atoms with Crippen LogP contribution in [0.25, 0.3) is 0 Å². The predicted octanol–water partition coefficient (Wildman–Crippen LogP) is 5.50. The standard InChI is InChI=1S/C6H4Cl8/c7-2-5(11,6(12,13)14)3(8)1-4(9)10/h1,3H,2H2. The van der Waals surface area contributed by atoms with Crippen molar-refractivity contribution in [2.45, 2.75) is 14.0 Å². The summed E-state index contributed by atoms with van der Waals surface area (Å²) in [5.74, 6) is -0.170. The van der Waals surface area contributed by atoms with Gasteiger partial charge in [0, 0.05) is 5.88 Å². The number of hydrogen-bond donors (Lipinski definition) is 0. The Morgan fingerprint density at radius 2 is 1.57 bits per heavy atom. The summed E-state index contributed by atoms with van der Waals surface area (Å²) in [6.07, 6.45) is 1.24. The molecule has 2 atom stereocenters. The average molecular weight is 360 g/mol. The quantitative estimate of drug-likeness (QED) is 0.584. The molecule has 0 saturated carbocycles. The van der Waals surface area contributed by atoms with Crippen LogP contribution in [-0.2, 0) is 0 Å². The Balaban J connectivity index is 4.97. The van der Waals surface area contributed by atoms with Gasteiger partial charge in [-0.25, -0.2) is 0 Å². The Morgan fingerprint density at radius 1 is 1.14 bits per heavy atom. The van der Waals surface area contributed by atoms with Crippen LogP contribution in [-0.4, -0.2) is 19.9 Å². The highest BCUT2D eigenvalue weighted by atomic mass is 35.6. The summed E-state index contributed by atoms with van der Waals surface area (Å²) < 4.78 is -1.91. The smallest absolute Gasteiger partial charge is 0.125 e. The van der Waals surface area contributed by atoms with Crippen molar-refractivity contribution in [1.82, 2.24) is 0 Å². The van der Waals surface area contributed by atoms with Crippen molar-refractivity contribution in [3.8, 4) is 0 Å². The molecule has 0 amide bonds. The normalized spacial score (nSPS) is 18.6. The summed E-state index contributed by atoms with van der Waals surface area (Å²) in [6.45, 7) is 0. The summed E-state index contributed by atoms with van der Waals surface area (Å²) in [6, 6.07) is 0. The molecular formula is C6H4Cl8. The van der Waals surface area contributed by atoms with Crippen LogP contribution in [0.5, 0.6) is 0 Å². The molecule has 0 aromatic carbocycles. The first-order valence-electron chi connectivity index (χ1n) is 3.13. The first kappa shape index (κ1) is 16.1. The minimum absolute atomic E-state index is 0.0746. The summed E-state index contributed by atoms with van der Waals surface area (Å²) in [4.78, 5) is -1.48. The molecule has 0 bridgehead atoms. The second-order valence-corrected chi connectivity index (χ2v) is 7.05. The summed E-state index contributed by atoms with van der Waals surface area (Å²) in [7, 11) is 0. The van der Waals surface area contributed by atoms with Gasteiger partial charge in [-0.1, -0.05) is 58.0 Å². The molecule has 84 valence electrons. The average Bonchev–Trinajstić information content (AvgIpc) is 1.99. The van der Waals surface area contributed by atoms with Crippen LogP contribution in [0.15, 0.2) is 10.6 Å². The Hall–Kier alpha value is 2.06. The lowest BCUT2D eigenvalue weighted by Gasteiger charge is -2.34. The minimum Gasteiger partial charge on any atom is -0.125 e. The lowest BCUT2D eigenvalue weighted by molar-refractivity contribution is 0.668. The second kappa shape index (κ2) is 6.12. The number of halogens is 8. The summed E-state index contributed by atoms with van der Waals surface area (Å²) in [5, 5.41) is -0.904. The molecule has 0 aromatic heterocycles. The molecule has 0 spiro atoms. The highest BCUT2D eigenvalue weighted by Gasteiger charge is 2.51. The van der Waals surface area contributed by atoms with E-state index >= 15 is 0 Å². The zero-order valence-corrected chi connectivity index (χ0v) is 12.4. The third-order valence-corrected chi connectivity index (χ3v) is 4.75. The van der Waals surface area contributed by atoms with Crippen molar-refractivity contribution in [1.29, 1.82) is 0 Å². The zero-order chi connectivity index (χ0) is 11.6. The van der Waals surface area contributed by atoms with Crippen LogP contribution in [0.3, 0.4) is 0 Å². The first-order chi connectivity index (χ1) is 6.15. The van der Waals surface area contributed by atoms with Crippen molar-refractivity contribution in [3.63, 3.8) is 0 Å². The van der Waals surface area contributed by atoms with E-state index in [0.29, 0.717) is 0 Å². The third-order valence-electron chi connectivity index (χ3n) is 1.38. The largest absolute Gasteiger partial charge is 0.212 e. The van der Waals surface area contributed by atoms with E-state index in [0.717, 1.165) is 0 Å². The van der Waals surface area contributed by atoms with E-state index < -0.39 is 14.0 Å². The van der Waals surface area contributed by atoms with Crippen LogP contribution in [0.2, 0.25) is 0 Å². The topological polar surface area (TPSA) is 0 Å². The van der Waals surface area contributed by atoms with Gasteiger partial charge in [0.05, 0.1) is 5.38 Å². The van der Waals surface area contributed by atoms with Gasteiger partial charge in [0.2, 0.25) is 3.79 Å². The molecule has 0 nitrogen and oxygen atoms in total. The van der Waals surface area contributed by atoms with Crippen molar-refractivity contribution in [2.75, 3.05) is 5.88 Å². The van der Waals surface area contributed by atoms with Gasteiger partial charge < -0.3 is 0 Å². The molecule has 2 unspecified atom stereocenters. The van der Waals surface area contributed by atoms with Crippen molar-refractivity contribution < 1.29 is 0 Å². The number of allylic oxidation sites excluding steroid dienone is 1. The fourth-order valence-electron chi connectivity index (χ4n) is 0.549. The molecule has 0 aliphatic heterocycles. The van der Waals surface area contributed by atoms with Gasteiger partial charge in [0.1, 0.15) is 9.37 Å². The number of rotatable bonds is 3. The lowest BCUT2D eigenvalue weighted by Crippen LogP contribution is -2.46. The Morgan fingerprint density at radius 3 is 1.79 bits per heavy atom. The number of hydrogen-bond acceptors (Lipinski definition) is 0. The zero-order valence-electron chi connectivity index (χ0n) is 6.39. The lowest BCUT2D eigenvalue weighted by atomic mass is 10.1. The fourth-order valence-corrected chi connectivity index (χ4v) is 2.73. The van der Waals surface area contributed by atoms with Crippen LogP contribution in [0.1, 0.15) is 0 Å². The van der Waals surface area contributed by atoms with Gasteiger partial charge >= 0.3 is 0 Å². The molecular weight excluding hydrogens is 356 g/mol. The maximum absolute atomic E-state index is 5.97. The van der Waals surface area contributed by atoms with E-state index in [2.05, 4.69) is 0 Å². The van der Waals surface area contributed by atoms with Gasteiger partial charge in [0.15, 0.2) is 0 Å². The Kier molecular flexibility index (Phi) is 7.02. The van der Waals surface area contributed by atoms with Crippen LogP contribution < -0.4 is 0 Å². The highest BCUT2D eigenvalue weighted by molar-refractivity contribution is 6.72. The molecule has 14 heavy (non-hydrogen) atoms. The van der Waals surface area contributed by atoms with E-state index in [4.69, 9.17) is 92.8 Å². The van der Waals surface area contributed by atoms with E-state index in [9.17, 15) is 0 Å². The van der Waals surface area contributed by atoms with E-state index in [1.165, 1.54) is 6.08 Å². The third kappa shape index (κ3) is 4.14. The molecule has 0 saturated heterocycles. The maximum atomic E-state index is 5.97. The van der Waals surface area contributed by atoms with E-state index in [-0.39, 0.29) is 10.4 Å². The van der Waals surface area contributed by atoms with Gasteiger partial charge in [-0.05, 0) is 6.08 Å². The molecule has 0 rings (SSSR count). The monoisotopic (exact) mass is 356 g/mol. The Bertz CT molecular complexity index is 214. The first-order valence-corrected chi connectivity index (χ1v) is 6.37. The van der Waals surface area contributed by atoms with Crippen molar-refractivity contribution in [2.24, 2.45) is 0 Å². The maximum Gasteiger partial charge on any atom is 0.212 e. The molecule has 0 aliphatic carbocycles. The molecule has 0 fully saturated rings. The second-order valence-electron chi connectivity index (χ2n) is 2.35. The SMILES string of the molecule is ClCC(Cl)(C(Cl)C=C(Cl)Cl)C(Cl)(Cl)Cl. The van der Waals surface area contributed by atoms with Crippen LogP contribution >= 0.6 is 92.8 Å². The fraction of sp³-hybridized carbons (Fsp3) is 0.667. The van der Waals surface area contributed by atoms with Crippen molar-refractivity contribution in [3.05, 3.63) is 10.6 Å². The predicted molar refractivity (Wildman–Crippen MR) is 69.0 cm³/mol. The molecule has 8 heteroatoms. The van der Waals surface area contributed by atoms with Gasteiger partial charge in [0.25, 0.3) is 0 Å². The molecule has 0 heterocycles. The van der Waals surface area contributed by atoms with Crippen LogP contribution in [0, 0.1) is 0 Å². The highest BCUT2D eigenvalue weighted by Crippen LogP contribution is 2.48. The van der Waals surface area contributed by atoms with E-state index in [1.54, 1.807) is 0 Å². The van der Waals surface area contributed by atoms with Crippen molar-refractivity contribution >= 4 is 92.8 Å². The molecule has 0 radical (unpaired) electrons. The van der Waals surface area contributed by atoms with Gasteiger partial charge in [-0.2, -0.15) is 0 Å². The molecule has 0 aliphatic rings. The number of alkyl halides is 6. The minimum atomic E-state index is -1.83. The van der Waals surface area contributed by atoms with Gasteiger partial charge in [-0.3, -0.25) is 0 Å².